The Morgan fingerprint density at radius 2 is 2.13 bits per heavy atom. The number of aryl methyl sites for hydroxylation is 1. The lowest BCUT2D eigenvalue weighted by molar-refractivity contribution is 0.0799. The molecule has 0 saturated carbocycles. The van der Waals surface area contributed by atoms with E-state index in [0.29, 0.717) is 11.1 Å². The Hall–Kier alpha value is -1.45. The number of ketones is 1. The molecular weight excluding hydrogens is 202 g/mol. The van der Waals surface area contributed by atoms with Gasteiger partial charge in [0.05, 0.1) is 5.56 Å². The zero-order valence-electron chi connectivity index (χ0n) is 8.59. The summed E-state index contributed by atoms with van der Waals surface area (Å²) in [6.45, 7) is 2.41. The summed E-state index contributed by atoms with van der Waals surface area (Å²) in [5.74, 6) is 0.0632. The highest BCUT2D eigenvalue weighted by Gasteiger charge is 2.12. The lowest BCUT2D eigenvalue weighted by atomic mass is 10.1. The molecule has 0 spiro atoms. The van der Waals surface area contributed by atoms with Crippen molar-refractivity contribution in [2.45, 2.75) is 20.3 Å². The molecule has 1 aromatic carbocycles. The SMILES string of the molecule is CC(=O)c1cccc(C)c1OCC(F)F. The van der Waals surface area contributed by atoms with Crippen molar-refractivity contribution in [3.63, 3.8) is 0 Å². The first kappa shape index (κ1) is 11.6. The minimum Gasteiger partial charge on any atom is -0.487 e. The van der Waals surface area contributed by atoms with Crippen molar-refractivity contribution in [3.05, 3.63) is 29.3 Å². The molecule has 82 valence electrons. The van der Waals surface area contributed by atoms with Crippen molar-refractivity contribution in [2.24, 2.45) is 0 Å². The van der Waals surface area contributed by atoms with E-state index in [-0.39, 0.29) is 11.5 Å². The molecule has 2 nitrogen and oxygen atoms in total. The summed E-state index contributed by atoms with van der Waals surface area (Å²) in [4.78, 5) is 11.2. The van der Waals surface area contributed by atoms with Crippen molar-refractivity contribution < 1.29 is 18.3 Å². The molecule has 0 aromatic heterocycles. The van der Waals surface area contributed by atoms with Gasteiger partial charge in [-0.25, -0.2) is 8.78 Å². The fraction of sp³-hybridized carbons (Fsp3) is 0.364. The number of carbonyl (C=O) groups is 1. The number of carbonyl (C=O) groups excluding carboxylic acids is 1. The topological polar surface area (TPSA) is 26.3 Å². The molecule has 0 heterocycles. The Bertz CT molecular complexity index is 362. The summed E-state index contributed by atoms with van der Waals surface area (Å²) in [5.41, 5.74) is 1.03. The molecule has 4 heteroatoms. The van der Waals surface area contributed by atoms with Gasteiger partial charge in [-0.2, -0.15) is 0 Å². The highest BCUT2D eigenvalue weighted by molar-refractivity contribution is 5.97. The Kier molecular flexibility index (Phi) is 3.77. The predicted octanol–water partition coefficient (Wildman–Crippen LogP) is 2.84. The monoisotopic (exact) mass is 214 g/mol. The number of halogens is 2. The van der Waals surface area contributed by atoms with Crippen LogP contribution in [0.1, 0.15) is 22.8 Å². The van der Waals surface area contributed by atoms with E-state index < -0.39 is 13.0 Å². The van der Waals surface area contributed by atoms with Crippen LogP contribution in [0.25, 0.3) is 0 Å². The summed E-state index contributed by atoms with van der Waals surface area (Å²) in [7, 11) is 0. The van der Waals surface area contributed by atoms with E-state index in [1.165, 1.54) is 6.92 Å². The van der Waals surface area contributed by atoms with Crippen LogP contribution in [0, 0.1) is 6.92 Å². The van der Waals surface area contributed by atoms with Crippen LogP contribution in [0.15, 0.2) is 18.2 Å². The Morgan fingerprint density at radius 1 is 1.47 bits per heavy atom. The van der Waals surface area contributed by atoms with Gasteiger partial charge < -0.3 is 4.74 Å². The lowest BCUT2D eigenvalue weighted by Gasteiger charge is -2.11. The molecule has 0 atom stereocenters. The van der Waals surface area contributed by atoms with Crippen LogP contribution in [-0.4, -0.2) is 18.8 Å². The van der Waals surface area contributed by atoms with Crippen LogP contribution < -0.4 is 4.74 Å². The second-order valence-corrected chi connectivity index (χ2v) is 3.21. The molecule has 15 heavy (non-hydrogen) atoms. The molecule has 0 radical (unpaired) electrons. The summed E-state index contributed by atoms with van der Waals surface area (Å²) in [5, 5.41) is 0. The molecule has 1 aromatic rings. The first-order valence-corrected chi connectivity index (χ1v) is 4.54. The molecule has 0 unspecified atom stereocenters. The van der Waals surface area contributed by atoms with E-state index >= 15 is 0 Å². The zero-order chi connectivity index (χ0) is 11.4. The van der Waals surface area contributed by atoms with E-state index in [1.807, 2.05) is 0 Å². The van der Waals surface area contributed by atoms with Crippen LogP contribution in [0.5, 0.6) is 5.75 Å². The predicted molar refractivity (Wildman–Crippen MR) is 52.7 cm³/mol. The van der Waals surface area contributed by atoms with E-state index in [1.54, 1.807) is 25.1 Å². The van der Waals surface area contributed by atoms with Crippen LogP contribution in [0.4, 0.5) is 8.78 Å². The van der Waals surface area contributed by atoms with Crippen molar-refractivity contribution >= 4 is 5.78 Å². The van der Waals surface area contributed by atoms with Gasteiger partial charge in [-0.1, -0.05) is 12.1 Å². The minimum absolute atomic E-state index is 0.192. The number of alkyl halides is 2. The number of ether oxygens (including phenoxy) is 1. The highest BCUT2D eigenvalue weighted by Crippen LogP contribution is 2.24. The standard InChI is InChI=1S/C11H12F2O2/c1-7-4-3-5-9(8(2)14)11(7)15-6-10(12)13/h3-5,10H,6H2,1-2H3. The van der Waals surface area contributed by atoms with E-state index in [9.17, 15) is 13.6 Å². The molecule has 0 saturated heterocycles. The normalized spacial score (nSPS) is 10.5. The van der Waals surface area contributed by atoms with Gasteiger partial charge in [0.15, 0.2) is 5.78 Å². The Balaban J connectivity index is 2.97. The number of rotatable bonds is 4. The van der Waals surface area contributed by atoms with Gasteiger partial charge in [-0.15, -0.1) is 0 Å². The van der Waals surface area contributed by atoms with Crippen molar-refractivity contribution in [2.75, 3.05) is 6.61 Å². The van der Waals surface area contributed by atoms with Gasteiger partial charge in [0, 0.05) is 0 Å². The highest BCUT2D eigenvalue weighted by atomic mass is 19.3. The largest absolute Gasteiger partial charge is 0.487 e. The van der Waals surface area contributed by atoms with Crippen LogP contribution >= 0.6 is 0 Å². The first-order valence-electron chi connectivity index (χ1n) is 4.54. The van der Waals surface area contributed by atoms with Crippen LogP contribution in [0.2, 0.25) is 0 Å². The minimum atomic E-state index is -2.54. The second-order valence-electron chi connectivity index (χ2n) is 3.21. The number of hydrogen-bond acceptors (Lipinski definition) is 2. The van der Waals surface area contributed by atoms with Crippen molar-refractivity contribution in [1.82, 2.24) is 0 Å². The van der Waals surface area contributed by atoms with Gasteiger partial charge in [-0.3, -0.25) is 4.79 Å². The molecular formula is C11H12F2O2. The van der Waals surface area contributed by atoms with E-state index in [4.69, 9.17) is 4.74 Å². The third-order valence-electron chi connectivity index (χ3n) is 1.94. The van der Waals surface area contributed by atoms with Gasteiger partial charge in [-0.05, 0) is 25.5 Å². The summed E-state index contributed by atoms with van der Waals surface area (Å²) in [6.07, 6.45) is -2.54. The first-order chi connectivity index (χ1) is 7.02. The van der Waals surface area contributed by atoms with Gasteiger partial charge in [0.2, 0.25) is 0 Å². The maximum atomic E-state index is 12.0. The third-order valence-corrected chi connectivity index (χ3v) is 1.94. The second kappa shape index (κ2) is 4.87. The van der Waals surface area contributed by atoms with Gasteiger partial charge >= 0.3 is 0 Å². The molecule has 0 N–H and O–H groups in total. The molecule has 0 aliphatic carbocycles. The molecule has 0 aliphatic heterocycles. The zero-order valence-corrected chi connectivity index (χ0v) is 8.59. The quantitative estimate of drug-likeness (QED) is 0.720. The summed E-state index contributed by atoms with van der Waals surface area (Å²) < 4.78 is 28.9. The van der Waals surface area contributed by atoms with Crippen molar-refractivity contribution in [3.8, 4) is 5.75 Å². The fourth-order valence-electron chi connectivity index (χ4n) is 1.27. The van der Waals surface area contributed by atoms with Gasteiger partial charge in [0.1, 0.15) is 12.4 Å². The maximum Gasteiger partial charge on any atom is 0.272 e. The Morgan fingerprint density at radius 3 is 2.67 bits per heavy atom. The average molecular weight is 214 g/mol. The molecule has 0 fully saturated rings. The molecule has 1 rings (SSSR count). The van der Waals surface area contributed by atoms with Crippen LogP contribution in [-0.2, 0) is 0 Å². The van der Waals surface area contributed by atoms with Gasteiger partial charge in [0.25, 0.3) is 6.43 Å². The number of para-hydroxylation sites is 1. The van der Waals surface area contributed by atoms with Crippen LogP contribution in [0.3, 0.4) is 0 Å². The summed E-state index contributed by atoms with van der Waals surface area (Å²) >= 11 is 0. The molecule has 0 aliphatic rings. The van der Waals surface area contributed by atoms with E-state index in [2.05, 4.69) is 0 Å². The smallest absolute Gasteiger partial charge is 0.272 e. The number of Topliss-reactive ketones (excluding diaryl/α,β-unsaturated/α-hetero) is 1. The third kappa shape index (κ3) is 3.01. The van der Waals surface area contributed by atoms with Crippen molar-refractivity contribution in [1.29, 1.82) is 0 Å². The summed E-state index contributed by atoms with van der Waals surface area (Å²) in [6, 6.07) is 4.98. The number of hydrogen-bond donors (Lipinski definition) is 0. The average Bonchev–Trinajstić information content (AvgIpc) is 2.15. The number of benzene rings is 1. The lowest BCUT2D eigenvalue weighted by Crippen LogP contribution is -2.10. The molecule has 0 amide bonds. The van der Waals surface area contributed by atoms with E-state index in [0.717, 1.165) is 0 Å². The fourth-order valence-corrected chi connectivity index (χ4v) is 1.27. The Labute approximate surface area is 86.9 Å². The maximum absolute atomic E-state index is 12.0. The molecule has 0 bridgehead atoms.